The van der Waals surface area contributed by atoms with E-state index in [1.54, 1.807) is 11.4 Å². The first-order valence-electron chi connectivity index (χ1n) is 5.19. The van der Waals surface area contributed by atoms with Crippen molar-refractivity contribution >= 4 is 23.0 Å². The lowest BCUT2D eigenvalue weighted by atomic mass is 10.1. The summed E-state index contributed by atoms with van der Waals surface area (Å²) in [7, 11) is 0. The highest BCUT2D eigenvalue weighted by Gasteiger charge is 2.14. The fraction of sp³-hybridized carbons (Fsp3) is 0.545. The largest absolute Gasteiger partial charge is 0.461 e. The van der Waals surface area contributed by atoms with E-state index in [1.165, 1.54) is 11.3 Å². The minimum Gasteiger partial charge on any atom is -0.461 e. The molecule has 0 amide bonds. The molecule has 0 unspecified atom stereocenters. The van der Waals surface area contributed by atoms with Crippen LogP contribution in [0.25, 0.3) is 0 Å². The van der Waals surface area contributed by atoms with Crippen LogP contribution >= 0.6 is 11.3 Å². The summed E-state index contributed by atoms with van der Waals surface area (Å²) in [5.41, 5.74) is 6.13. The molecule has 0 aliphatic rings. The molecule has 0 aliphatic heterocycles. The number of hydrogen-bond donors (Lipinski definition) is 1. The highest BCUT2D eigenvalue weighted by atomic mass is 32.1. The third kappa shape index (κ3) is 3.23. The molecule has 0 fully saturated rings. The SMILES string of the molecule is CCC(CC)COC(=O)c1sccc1N. The summed E-state index contributed by atoms with van der Waals surface area (Å²) in [6.45, 7) is 4.69. The van der Waals surface area contributed by atoms with Gasteiger partial charge in [0.25, 0.3) is 0 Å². The van der Waals surface area contributed by atoms with Gasteiger partial charge in [0, 0.05) is 0 Å². The van der Waals surface area contributed by atoms with E-state index in [9.17, 15) is 4.79 Å². The van der Waals surface area contributed by atoms with E-state index in [-0.39, 0.29) is 5.97 Å². The van der Waals surface area contributed by atoms with Crippen molar-refractivity contribution in [3.63, 3.8) is 0 Å². The van der Waals surface area contributed by atoms with Gasteiger partial charge in [-0.25, -0.2) is 4.79 Å². The van der Waals surface area contributed by atoms with Crippen molar-refractivity contribution < 1.29 is 9.53 Å². The zero-order valence-electron chi connectivity index (χ0n) is 9.16. The Labute approximate surface area is 94.2 Å². The quantitative estimate of drug-likeness (QED) is 0.787. The van der Waals surface area contributed by atoms with E-state index in [2.05, 4.69) is 13.8 Å². The zero-order chi connectivity index (χ0) is 11.3. The fourth-order valence-electron chi connectivity index (χ4n) is 1.27. The van der Waals surface area contributed by atoms with Crippen LogP contribution < -0.4 is 5.73 Å². The molecule has 0 saturated heterocycles. The maximum Gasteiger partial charge on any atom is 0.350 e. The van der Waals surface area contributed by atoms with Gasteiger partial charge in [-0.1, -0.05) is 26.7 Å². The summed E-state index contributed by atoms with van der Waals surface area (Å²) in [5, 5.41) is 1.79. The Bertz CT molecular complexity index is 318. The van der Waals surface area contributed by atoms with Crippen molar-refractivity contribution in [1.29, 1.82) is 0 Å². The Hall–Kier alpha value is -1.03. The third-order valence-electron chi connectivity index (χ3n) is 2.49. The van der Waals surface area contributed by atoms with Crippen molar-refractivity contribution in [3.05, 3.63) is 16.3 Å². The monoisotopic (exact) mass is 227 g/mol. The van der Waals surface area contributed by atoms with Gasteiger partial charge in [-0.05, 0) is 17.4 Å². The van der Waals surface area contributed by atoms with Crippen molar-refractivity contribution in [3.8, 4) is 0 Å². The van der Waals surface area contributed by atoms with Crippen LogP contribution in [0.3, 0.4) is 0 Å². The maximum atomic E-state index is 11.6. The third-order valence-corrected chi connectivity index (χ3v) is 3.40. The first-order valence-corrected chi connectivity index (χ1v) is 6.07. The van der Waals surface area contributed by atoms with Crippen LogP contribution in [0.15, 0.2) is 11.4 Å². The van der Waals surface area contributed by atoms with Crippen LogP contribution in [0, 0.1) is 5.92 Å². The van der Waals surface area contributed by atoms with E-state index < -0.39 is 0 Å². The number of ether oxygens (including phenoxy) is 1. The van der Waals surface area contributed by atoms with Crippen LogP contribution in [0.5, 0.6) is 0 Å². The average molecular weight is 227 g/mol. The number of esters is 1. The minimum absolute atomic E-state index is 0.297. The van der Waals surface area contributed by atoms with E-state index in [0.717, 1.165) is 12.8 Å². The first-order chi connectivity index (χ1) is 7.19. The van der Waals surface area contributed by atoms with Crippen LogP contribution in [0.4, 0.5) is 5.69 Å². The molecule has 0 spiro atoms. The second-order valence-electron chi connectivity index (χ2n) is 3.49. The molecule has 0 radical (unpaired) electrons. The highest BCUT2D eigenvalue weighted by molar-refractivity contribution is 7.12. The Morgan fingerprint density at radius 2 is 2.20 bits per heavy atom. The normalized spacial score (nSPS) is 10.6. The van der Waals surface area contributed by atoms with Crippen LogP contribution in [0.2, 0.25) is 0 Å². The molecule has 1 aromatic rings. The van der Waals surface area contributed by atoms with E-state index in [4.69, 9.17) is 10.5 Å². The Morgan fingerprint density at radius 1 is 1.53 bits per heavy atom. The Kier molecular flexibility index (Phi) is 4.62. The first kappa shape index (κ1) is 12.0. The Balaban J connectivity index is 2.47. The number of nitrogens with two attached hydrogens (primary N) is 1. The molecule has 4 heteroatoms. The lowest BCUT2D eigenvalue weighted by Crippen LogP contribution is -2.13. The highest BCUT2D eigenvalue weighted by Crippen LogP contribution is 2.20. The molecule has 84 valence electrons. The fourth-order valence-corrected chi connectivity index (χ4v) is 1.98. The number of nitrogen functional groups attached to an aromatic ring is 1. The summed E-state index contributed by atoms with van der Waals surface area (Å²) in [5.74, 6) is 0.157. The van der Waals surface area contributed by atoms with Gasteiger partial charge in [0.1, 0.15) is 4.88 Å². The number of carbonyl (C=O) groups is 1. The van der Waals surface area contributed by atoms with Crippen LogP contribution in [-0.4, -0.2) is 12.6 Å². The molecule has 0 atom stereocenters. The van der Waals surface area contributed by atoms with E-state index in [0.29, 0.717) is 23.1 Å². The van der Waals surface area contributed by atoms with Gasteiger partial charge in [-0.15, -0.1) is 11.3 Å². The predicted molar refractivity (Wildman–Crippen MR) is 63.1 cm³/mol. The topological polar surface area (TPSA) is 52.3 Å². The maximum absolute atomic E-state index is 11.6. The standard InChI is InChI=1S/C11H17NO2S/c1-3-8(4-2)7-14-11(13)10-9(12)5-6-15-10/h5-6,8H,3-4,7,12H2,1-2H3. The van der Waals surface area contributed by atoms with Crippen molar-refractivity contribution in [1.82, 2.24) is 0 Å². The van der Waals surface area contributed by atoms with Crippen molar-refractivity contribution in [2.45, 2.75) is 26.7 Å². The number of thiophene rings is 1. The number of carbonyl (C=O) groups excluding carboxylic acids is 1. The van der Waals surface area contributed by atoms with Gasteiger partial charge in [-0.3, -0.25) is 0 Å². The van der Waals surface area contributed by atoms with Gasteiger partial charge >= 0.3 is 5.97 Å². The summed E-state index contributed by atoms with van der Waals surface area (Å²) < 4.78 is 5.20. The molecule has 0 bridgehead atoms. The van der Waals surface area contributed by atoms with Crippen molar-refractivity contribution in [2.24, 2.45) is 5.92 Å². The lowest BCUT2D eigenvalue weighted by molar-refractivity contribution is 0.0440. The second kappa shape index (κ2) is 5.75. The minimum atomic E-state index is -0.297. The average Bonchev–Trinajstić information content (AvgIpc) is 2.66. The molecule has 2 N–H and O–H groups in total. The molecule has 0 aromatic carbocycles. The molecule has 0 saturated carbocycles. The van der Waals surface area contributed by atoms with E-state index >= 15 is 0 Å². The summed E-state index contributed by atoms with van der Waals surface area (Å²) in [4.78, 5) is 12.1. The molecule has 3 nitrogen and oxygen atoms in total. The van der Waals surface area contributed by atoms with Crippen LogP contribution in [0.1, 0.15) is 36.4 Å². The summed E-state index contributed by atoms with van der Waals surface area (Å²) in [6.07, 6.45) is 2.06. The van der Waals surface area contributed by atoms with Gasteiger partial charge in [0.2, 0.25) is 0 Å². The van der Waals surface area contributed by atoms with Gasteiger partial charge < -0.3 is 10.5 Å². The molecule has 1 aromatic heterocycles. The molecule has 1 heterocycles. The zero-order valence-corrected chi connectivity index (χ0v) is 9.97. The van der Waals surface area contributed by atoms with Gasteiger partial charge in [0.15, 0.2) is 0 Å². The summed E-state index contributed by atoms with van der Waals surface area (Å²) >= 11 is 1.32. The number of anilines is 1. The molecular formula is C11H17NO2S. The smallest absolute Gasteiger partial charge is 0.350 e. The molecule has 15 heavy (non-hydrogen) atoms. The van der Waals surface area contributed by atoms with Crippen molar-refractivity contribution in [2.75, 3.05) is 12.3 Å². The Morgan fingerprint density at radius 3 is 2.67 bits per heavy atom. The molecule has 0 aliphatic carbocycles. The predicted octanol–water partition coefficient (Wildman–Crippen LogP) is 2.92. The van der Waals surface area contributed by atoms with Crippen LogP contribution in [-0.2, 0) is 4.74 Å². The number of rotatable bonds is 5. The summed E-state index contributed by atoms with van der Waals surface area (Å²) in [6, 6.07) is 1.72. The van der Waals surface area contributed by atoms with Gasteiger partial charge in [-0.2, -0.15) is 0 Å². The van der Waals surface area contributed by atoms with Gasteiger partial charge in [0.05, 0.1) is 12.3 Å². The lowest BCUT2D eigenvalue weighted by Gasteiger charge is -2.12. The van der Waals surface area contributed by atoms with E-state index in [1.807, 2.05) is 0 Å². The molecular weight excluding hydrogens is 210 g/mol. The second-order valence-corrected chi connectivity index (χ2v) is 4.40. The molecule has 1 rings (SSSR count). The number of hydrogen-bond acceptors (Lipinski definition) is 4.